The molecule has 0 aromatic carbocycles. The predicted octanol–water partition coefficient (Wildman–Crippen LogP) is 1.99. The number of rotatable bonds is 5. The SMILES string of the molecule is CNCc1coc(CN(C)CC(F)(F)F)c1. The first-order valence-electron chi connectivity index (χ1n) is 4.87. The highest BCUT2D eigenvalue weighted by molar-refractivity contribution is 5.12. The quantitative estimate of drug-likeness (QED) is 0.847. The molecule has 0 aliphatic carbocycles. The highest BCUT2D eigenvalue weighted by Gasteiger charge is 2.29. The minimum atomic E-state index is -4.17. The van der Waals surface area contributed by atoms with Crippen molar-refractivity contribution in [2.45, 2.75) is 19.3 Å². The minimum Gasteiger partial charge on any atom is -0.468 e. The van der Waals surface area contributed by atoms with Crippen molar-refractivity contribution in [3.63, 3.8) is 0 Å². The van der Waals surface area contributed by atoms with Gasteiger partial charge in [-0.1, -0.05) is 0 Å². The van der Waals surface area contributed by atoms with Crippen molar-refractivity contribution in [1.82, 2.24) is 10.2 Å². The molecule has 1 heterocycles. The van der Waals surface area contributed by atoms with Gasteiger partial charge in [-0.3, -0.25) is 4.90 Å². The average molecular weight is 236 g/mol. The first-order chi connectivity index (χ1) is 7.40. The van der Waals surface area contributed by atoms with E-state index in [-0.39, 0.29) is 6.54 Å². The number of hydrogen-bond acceptors (Lipinski definition) is 3. The van der Waals surface area contributed by atoms with Crippen LogP contribution in [0.2, 0.25) is 0 Å². The van der Waals surface area contributed by atoms with Crippen LogP contribution in [-0.4, -0.2) is 31.7 Å². The summed E-state index contributed by atoms with van der Waals surface area (Å²) in [6, 6.07) is 1.75. The first kappa shape index (κ1) is 13.1. The Morgan fingerprint density at radius 1 is 1.44 bits per heavy atom. The molecule has 0 saturated carbocycles. The van der Waals surface area contributed by atoms with Gasteiger partial charge in [0.2, 0.25) is 0 Å². The molecule has 0 fully saturated rings. The third-order valence-electron chi connectivity index (χ3n) is 1.96. The Morgan fingerprint density at radius 2 is 2.12 bits per heavy atom. The van der Waals surface area contributed by atoms with E-state index in [0.29, 0.717) is 12.3 Å². The van der Waals surface area contributed by atoms with Gasteiger partial charge in [-0.25, -0.2) is 0 Å². The normalized spacial score (nSPS) is 12.4. The van der Waals surface area contributed by atoms with Crippen LogP contribution in [0.3, 0.4) is 0 Å². The largest absolute Gasteiger partial charge is 0.468 e. The zero-order valence-electron chi connectivity index (χ0n) is 9.27. The molecule has 92 valence electrons. The van der Waals surface area contributed by atoms with Crippen LogP contribution in [0.5, 0.6) is 0 Å². The number of nitrogens with zero attached hydrogens (tertiary/aromatic N) is 1. The Balaban J connectivity index is 2.46. The van der Waals surface area contributed by atoms with Gasteiger partial charge < -0.3 is 9.73 Å². The molecule has 1 aromatic heterocycles. The molecule has 0 saturated heterocycles. The van der Waals surface area contributed by atoms with Gasteiger partial charge in [0.25, 0.3) is 0 Å². The van der Waals surface area contributed by atoms with Gasteiger partial charge in [0.1, 0.15) is 5.76 Å². The van der Waals surface area contributed by atoms with Gasteiger partial charge in [0.05, 0.1) is 19.4 Å². The van der Waals surface area contributed by atoms with Crippen LogP contribution in [0.1, 0.15) is 11.3 Å². The van der Waals surface area contributed by atoms with E-state index in [1.807, 2.05) is 0 Å². The summed E-state index contributed by atoms with van der Waals surface area (Å²) in [7, 11) is 3.20. The molecule has 3 nitrogen and oxygen atoms in total. The minimum absolute atomic E-state index is 0.156. The maximum absolute atomic E-state index is 12.1. The third kappa shape index (κ3) is 4.67. The summed E-state index contributed by atoms with van der Waals surface area (Å²) < 4.78 is 41.3. The monoisotopic (exact) mass is 236 g/mol. The van der Waals surface area contributed by atoms with Crippen molar-refractivity contribution < 1.29 is 17.6 Å². The number of alkyl halides is 3. The molecular weight excluding hydrogens is 221 g/mol. The Labute approximate surface area is 92.2 Å². The van der Waals surface area contributed by atoms with Crippen LogP contribution in [0.25, 0.3) is 0 Å². The Hall–Kier alpha value is -1.01. The molecule has 16 heavy (non-hydrogen) atoms. The van der Waals surface area contributed by atoms with Crippen molar-refractivity contribution in [2.24, 2.45) is 0 Å². The molecule has 1 rings (SSSR count). The molecule has 6 heteroatoms. The molecule has 0 aliphatic heterocycles. The van der Waals surface area contributed by atoms with Gasteiger partial charge in [-0.05, 0) is 20.2 Å². The summed E-state index contributed by atoms with van der Waals surface area (Å²) in [6.07, 6.45) is -2.62. The molecule has 0 atom stereocenters. The predicted molar refractivity (Wildman–Crippen MR) is 53.9 cm³/mol. The zero-order chi connectivity index (χ0) is 12.2. The number of furan rings is 1. The van der Waals surface area contributed by atoms with Crippen LogP contribution in [-0.2, 0) is 13.1 Å². The Bertz CT molecular complexity index is 322. The second kappa shape index (κ2) is 5.36. The number of halogens is 3. The number of hydrogen-bond donors (Lipinski definition) is 1. The van der Waals surface area contributed by atoms with Gasteiger partial charge in [0.15, 0.2) is 0 Å². The lowest BCUT2D eigenvalue weighted by Crippen LogP contribution is -2.30. The Kier molecular flexibility index (Phi) is 4.37. The summed E-state index contributed by atoms with van der Waals surface area (Å²) in [5, 5.41) is 2.94. The molecule has 0 spiro atoms. The number of nitrogens with one attached hydrogen (secondary N) is 1. The van der Waals surface area contributed by atoms with Crippen molar-refractivity contribution in [3.05, 3.63) is 23.7 Å². The van der Waals surface area contributed by atoms with E-state index >= 15 is 0 Å². The molecular formula is C10H15F3N2O. The van der Waals surface area contributed by atoms with Gasteiger partial charge in [0, 0.05) is 12.1 Å². The standard InChI is InChI=1S/C10H15F3N2O/c1-14-4-8-3-9(16-6-8)5-15(2)7-10(11,12)13/h3,6,14H,4-5,7H2,1-2H3. The highest BCUT2D eigenvalue weighted by Crippen LogP contribution is 2.17. The molecule has 0 bridgehead atoms. The van der Waals surface area contributed by atoms with Crippen LogP contribution in [0, 0.1) is 0 Å². The van der Waals surface area contributed by atoms with E-state index in [4.69, 9.17) is 4.42 Å². The van der Waals surface area contributed by atoms with Crippen molar-refractivity contribution >= 4 is 0 Å². The van der Waals surface area contributed by atoms with Crippen molar-refractivity contribution in [2.75, 3.05) is 20.6 Å². The smallest absolute Gasteiger partial charge is 0.401 e. The molecule has 1 aromatic rings. The summed E-state index contributed by atoms with van der Waals surface area (Å²) >= 11 is 0. The van der Waals surface area contributed by atoms with Crippen LogP contribution in [0.15, 0.2) is 16.7 Å². The molecule has 0 aliphatic rings. The van der Waals surface area contributed by atoms with Gasteiger partial charge >= 0.3 is 6.18 Å². The van der Waals surface area contributed by atoms with Crippen molar-refractivity contribution in [1.29, 1.82) is 0 Å². The summed E-state index contributed by atoms with van der Waals surface area (Å²) in [4.78, 5) is 1.17. The Morgan fingerprint density at radius 3 is 2.69 bits per heavy atom. The summed E-state index contributed by atoms with van der Waals surface area (Å²) in [5.41, 5.74) is 0.929. The second-order valence-corrected chi connectivity index (χ2v) is 3.74. The average Bonchev–Trinajstić information content (AvgIpc) is 2.49. The van der Waals surface area contributed by atoms with E-state index in [1.54, 1.807) is 19.4 Å². The summed E-state index contributed by atoms with van der Waals surface area (Å²) in [6.45, 7) is -0.134. The third-order valence-corrected chi connectivity index (χ3v) is 1.96. The van der Waals surface area contributed by atoms with Crippen molar-refractivity contribution in [3.8, 4) is 0 Å². The summed E-state index contributed by atoms with van der Waals surface area (Å²) in [5.74, 6) is 0.539. The lowest BCUT2D eigenvalue weighted by atomic mass is 10.3. The molecule has 1 N–H and O–H groups in total. The maximum atomic E-state index is 12.1. The maximum Gasteiger partial charge on any atom is 0.401 e. The topological polar surface area (TPSA) is 28.4 Å². The van der Waals surface area contributed by atoms with E-state index in [9.17, 15) is 13.2 Å². The fourth-order valence-electron chi connectivity index (χ4n) is 1.43. The lowest BCUT2D eigenvalue weighted by Gasteiger charge is -2.16. The van der Waals surface area contributed by atoms with E-state index in [0.717, 1.165) is 5.56 Å². The van der Waals surface area contributed by atoms with E-state index < -0.39 is 12.7 Å². The second-order valence-electron chi connectivity index (χ2n) is 3.74. The van der Waals surface area contributed by atoms with Gasteiger partial charge in [-0.15, -0.1) is 0 Å². The lowest BCUT2D eigenvalue weighted by molar-refractivity contribution is -0.144. The molecule has 0 radical (unpaired) electrons. The fraction of sp³-hybridized carbons (Fsp3) is 0.600. The molecule has 0 amide bonds. The highest BCUT2D eigenvalue weighted by atomic mass is 19.4. The van der Waals surface area contributed by atoms with Crippen LogP contribution in [0.4, 0.5) is 13.2 Å². The van der Waals surface area contributed by atoms with E-state index in [1.165, 1.54) is 11.9 Å². The van der Waals surface area contributed by atoms with E-state index in [2.05, 4.69) is 5.32 Å². The van der Waals surface area contributed by atoms with Crippen LogP contribution >= 0.6 is 0 Å². The molecule has 0 unspecified atom stereocenters. The fourth-order valence-corrected chi connectivity index (χ4v) is 1.43. The van der Waals surface area contributed by atoms with Crippen LogP contribution < -0.4 is 5.32 Å². The first-order valence-corrected chi connectivity index (χ1v) is 4.87. The zero-order valence-corrected chi connectivity index (χ0v) is 9.27. The van der Waals surface area contributed by atoms with Gasteiger partial charge in [-0.2, -0.15) is 13.2 Å².